The number of hydrogen-bond donors (Lipinski definition) is 2. The van der Waals surface area contributed by atoms with Gasteiger partial charge in [-0.25, -0.2) is 4.99 Å². The van der Waals surface area contributed by atoms with E-state index in [9.17, 15) is 19.6 Å². The Kier molecular flexibility index (Phi) is 10.1. The number of rotatable bonds is 11. The van der Waals surface area contributed by atoms with Gasteiger partial charge < -0.3 is 15.5 Å². The molecule has 2 N–H and O–H groups in total. The number of azo groups is 1. The van der Waals surface area contributed by atoms with Crippen molar-refractivity contribution in [3.05, 3.63) is 69.8 Å². The normalized spacial score (nSPS) is 21.0. The highest BCUT2D eigenvalue weighted by Crippen LogP contribution is 2.46. The van der Waals surface area contributed by atoms with Crippen LogP contribution in [-0.2, 0) is 23.1 Å². The number of amides is 2. The molecule has 2 aliphatic heterocycles. The van der Waals surface area contributed by atoms with Gasteiger partial charge in [0.25, 0.3) is 5.91 Å². The molecule has 2 amide bonds. The van der Waals surface area contributed by atoms with Gasteiger partial charge in [0.15, 0.2) is 18.3 Å². The van der Waals surface area contributed by atoms with E-state index in [1.165, 1.54) is 0 Å². The van der Waals surface area contributed by atoms with Crippen LogP contribution >= 0.6 is 0 Å². The fourth-order valence-corrected chi connectivity index (χ4v) is 7.09. The van der Waals surface area contributed by atoms with Crippen LogP contribution < -0.4 is 10.6 Å². The molecule has 1 aliphatic carbocycles. The highest BCUT2D eigenvalue weighted by molar-refractivity contribution is 6.01. The first-order valence-electron chi connectivity index (χ1n) is 16.5. The fourth-order valence-electron chi connectivity index (χ4n) is 7.09. The standard InChI is InChI=1S/C36H45N7O3/c1-22(2)15-32(44)27-10-12-30-25(16-27)8-9-26-17-28(34(46)41-23(3)4)11-13-31(26)36(30,35-39-21-40-42-35)18-24(5)38-20-33(45)43-14-6-7-29(43)19-37/h10-13,16-17,22-24,29,38H,6-9,14-15,18,20-21H2,1-5H3,(H,41,46)/t24-,29-,36?/m0/s1. The maximum atomic E-state index is 13.2. The lowest BCUT2D eigenvalue weighted by Gasteiger charge is -2.37. The Balaban J connectivity index is 1.58. The predicted molar refractivity (Wildman–Crippen MR) is 177 cm³/mol. The van der Waals surface area contributed by atoms with Crippen LogP contribution in [0.15, 0.2) is 51.6 Å². The van der Waals surface area contributed by atoms with Crippen LogP contribution in [0.5, 0.6) is 0 Å². The molecule has 46 heavy (non-hydrogen) atoms. The SMILES string of the molecule is CC(C)CC(=O)c1ccc2c(c1)CCc1cc(C(=O)NC(C)C)ccc1C2(C[C@H](C)NCC(=O)N1CCC[C@H]1C#N)C1=NCN=N1. The molecule has 3 atom stereocenters. The van der Waals surface area contributed by atoms with Crippen molar-refractivity contribution in [1.29, 1.82) is 5.26 Å². The highest BCUT2D eigenvalue weighted by Gasteiger charge is 2.46. The molecule has 2 heterocycles. The minimum Gasteiger partial charge on any atom is -0.350 e. The van der Waals surface area contributed by atoms with E-state index in [0.29, 0.717) is 55.6 Å². The Morgan fingerprint density at radius 2 is 1.70 bits per heavy atom. The Labute approximate surface area is 271 Å². The van der Waals surface area contributed by atoms with E-state index in [0.717, 1.165) is 28.7 Å². The number of amidine groups is 1. The molecular weight excluding hydrogens is 578 g/mol. The summed E-state index contributed by atoms with van der Waals surface area (Å²) in [4.78, 5) is 45.9. The van der Waals surface area contributed by atoms with Crippen molar-refractivity contribution in [2.24, 2.45) is 21.1 Å². The second-order valence-corrected chi connectivity index (χ2v) is 13.5. The summed E-state index contributed by atoms with van der Waals surface area (Å²) in [5.41, 5.74) is 4.50. The van der Waals surface area contributed by atoms with Gasteiger partial charge in [-0.1, -0.05) is 32.0 Å². The molecule has 242 valence electrons. The number of Topliss-reactive ketones (excluding diaryl/α,β-unsaturated/α-hetero) is 1. The van der Waals surface area contributed by atoms with Crippen LogP contribution in [0.25, 0.3) is 0 Å². The van der Waals surface area contributed by atoms with E-state index < -0.39 is 5.41 Å². The lowest BCUT2D eigenvalue weighted by Crippen LogP contribution is -2.47. The van der Waals surface area contributed by atoms with Gasteiger partial charge in [-0.15, -0.1) is 5.11 Å². The number of nitrogens with zero attached hydrogens (tertiary/aromatic N) is 5. The lowest BCUT2D eigenvalue weighted by atomic mass is 9.67. The molecule has 5 rings (SSSR count). The van der Waals surface area contributed by atoms with Crippen LogP contribution in [0.4, 0.5) is 0 Å². The molecule has 0 radical (unpaired) electrons. The number of nitriles is 1. The molecule has 2 aromatic carbocycles. The highest BCUT2D eigenvalue weighted by atomic mass is 16.2. The van der Waals surface area contributed by atoms with Gasteiger partial charge in [0.05, 0.1) is 18.0 Å². The van der Waals surface area contributed by atoms with Gasteiger partial charge >= 0.3 is 0 Å². The summed E-state index contributed by atoms with van der Waals surface area (Å²) < 4.78 is 0. The lowest BCUT2D eigenvalue weighted by molar-refractivity contribution is -0.130. The van der Waals surface area contributed by atoms with Gasteiger partial charge in [-0.2, -0.15) is 10.4 Å². The molecule has 10 nitrogen and oxygen atoms in total. The molecule has 0 bridgehead atoms. The van der Waals surface area contributed by atoms with Crippen molar-refractivity contribution in [3.8, 4) is 6.07 Å². The summed E-state index contributed by atoms with van der Waals surface area (Å²) in [5.74, 6) is 0.731. The number of carbonyl (C=O) groups excluding carboxylic acids is 3. The minimum absolute atomic E-state index is 0.00309. The zero-order chi connectivity index (χ0) is 33.0. The largest absolute Gasteiger partial charge is 0.350 e. The summed E-state index contributed by atoms with van der Waals surface area (Å²) in [6.45, 7) is 10.9. The van der Waals surface area contributed by atoms with Crippen LogP contribution in [0.1, 0.15) is 103 Å². The maximum Gasteiger partial charge on any atom is 0.251 e. The van der Waals surface area contributed by atoms with Gasteiger partial charge in [0.2, 0.25) is 5.91 Å². The quantitative estimate of drug-likeness (QED) is 0.334. The van der Waals surface area contributed by atoms with Crippen molar-refractivity contribution < 1.29 is 14.4 Å². The summed E-state index contributed by atoms with van der Waals surface area (Å²) >= 11 is 0. The van der Waals surface area contributed by atoms with Crippen LogP contribution in [0.3, 0.4) is 0 Å². The summed E-state index contributed by atoms with van der Waals surface area (Å²) in [5, 5.41) is 24.8. The van der Waals surface area contributed by atoms with Crippen molar-refractivity contribution in [2.75, 3.05) is 19.8 Å². The van der Waals surface area contributed by atoms with Gasteiger partial charge in [-0.05, 0) is 99.2 Å². The van der Waals surface area contributed by atoms with E-state index in [4.69, 9.17) is 4.99 Å². The topological polar surface area (TPSA) is 139 Å². The molecular formula is C36H45N7O3. The smallest absolute Gasteiger partial charge is 0.251 e. The summed E-state index contributed by atoms with van der Waals surface area (Å²) in [6.07, 6.45) is 3.87. The molecule has 0 aromatic heterocycles. The average Bonchev–Trinajstić information content (AvgIpc) is 3.72. The van der Waals surface area contributed by atoms with Gasteiger partial charge in [0, 0.05) is 36.2 Å². The monoisotopic (exact) mass is 623 g/mol. The molecule has 0 saturated carbocycles. The number of aliphatic imine (C=N–C) groups is 1. The zero-order valence-electron chi connectivity index (χ0n) is 27.6. The van der Waals surface area contributed by atoms with Crippen LogP contribution in [0.2, 0.25) is 0 Å². The van der Waals surface area contributed by atoms with Crippen LogP contribution in [0, 0.1) is 17.2 Å². The second kappa shape index (κ2) is 14.0. The van der Waals surface area contributed by atoms with E-state index in [1.807, 2.05) is 71.0 Å². The number of fused-ring (bicyclic) bond motifs is 2. The Morgan fingerprint density at radius 3 is 2.30 bits per heavy atom. The van der Waals surface area contributed by atoms with Crippen molar-refractivity contribution >= 4 is 23.4 Å². The summed E-state index contributed by atoms with van der Waals surface area (Å²) in [6, 6.07) is 13.6. The number of ketones is 1. The molecule has 0 spiro atoms. The van der Waals surface area contributed by atoms with Crippen molar-refractivity contribution in [1.82, 2.24) is 15.5 Å². The molecule has 1 unspecified atom stereocenters. The van der Waals surface area contributed by atoms with E-state index >= 15 is 0 Å². The number of hydrogen-bond acceptors (Lipinski definition) is 8. The maximum absolute atomic E-state index is 13.2. The van der Waals surface area contributed by atoms with E-state index in [2.05, 4.69) is 26.9 Å². The number of likely N-dealkylation sites (tertiary alicyclic amines) is 1. The molecule has 1 fully saturated rings. The third-order valence-corrected chi connectivity index (χ3v) is 9.16. The molecule has 3 aliphatic rings. The molecule has 2 aromatic rings. The number of nitrogens with one attached hydrogen (secondary N) is 2. The van der Waals surface area contributed by atoms with Crippen molar-refractivity contribution in [3.63, 3.8) is 0 Å². The van der Waals surface area contributed by atoms with Crippen molar-refractivity contribution in [2.45, 2.75) is 96.7 Å². The average molecular weight is 624 g/mol. The molecule has 1 saturated heterocycles. The summed E-state index contributed by atoms with van der Waals surface area (Å²) in [7, 11) is 0. The minimum atomic E-state index is -0.841. The number of carbonyl (C=O) groups is 3. The van der Waals surface area contributed by atoms with Gasteiger partial charge in [0.1, 0.15) is 6.04 Å². The second-order valence-electron chi connectivity index (χ2n) is 13.5. The Morgan fingerprint density at radius 1 is 1.02 bits per heavy atom. The third kappa shape index (κ3) is 6.80. The van der Waals surface area contributed by atoms with E-state index in [1.54, 1.807) is 4.90 Å². The molecule has 10 heteroatoms. The third-order valence-electron chi connectivity index (χ3n) is 9.16. The zero-order valence-corrected chi connectivity index (χ0v) is 27.6. The number of benzene rings is 2. The first kappa shape index (κ1) is 33.1. The first-order valence-corrected chi connectivity index (χ1v) is 16.5. The first-order chi connectivity index (χ1) is 22.0. The van der Waals surface area contributed by atoms with Crippen LogP contribution in [-0.4, -0.2) is 66.2 Å². The predicted octanol–water partition coefficient (Wildman–Crippen LogP) is 5.14. The fraction of sp³-hybridized carbons (Fsp3) is 0.528. The Bertz CT molecular complexity index is 1530. The number of aryl methyl sites for hydroxylation is 2. The van der Waals surface area contributed by atoms with Gasteiger partial charge in [-0.3, -0.25) is 14.4 Å². The van der Waals surface area contributed by atoms with E-state index in [-0.39, 0.29) is 54.9 Å². The Hall–Kier alpha value is -4.23.